The van der Waals surface area contributed by atoms with Crippen molar-refractivity contribution in [3.63, 3.8) is 0 Å². The average Bonchev–Trinajstić information content (AvgIpc) is 3.15. The fourth-order valence-corrected chi connectivity index (χ4v) is 3.60. The number of rotatable bonds is 8. The summed E-state index contributed by atoms with van der Waals surface area (Å²) in [4.78, 5) is 16.1. The van der Waals surface area contributed by atoms with Crippen LogP contribution >= 0.6 is 24.0 Å². The summed E-state index contributed by atoms with van der Waals surface area (Å²) in [5, 5.41) is 9.48. The first kappa shape index (κ1) is 23.7. The summed E-state index contributed by atoms with van der Waals surface area (Å²) in [5.41, 5.74) is 2.02. The van der Waals surface area contributed by atoms with E-state index in [0.29, 0.717) is 17.5 Å². The van der Waals surface area contributed by atoms with E-state index in [9.17, 15) is 4.79 Å². The number of hydrogen-bond donors (Lipinski definition) is 3. The highest BCUT2D eigenvalue weighted by Gasteiger charge is 2.33. The molecule has 1 aromatic rings. The van der Waals surface area contributed by atoms with Gasteiger partial charge in [0.25, 0.3) is 5.91 Å². The van der Waals surface area contributed by atoms with Gasteiger partial charge in [0, 0.05) is 46.5 Å². The van der Waals surface area contributed by atoms with Crippen LogP contribution < -0.4 is 16.0 Å². The first-order valence-corrected chi connectivity index (χ1v) is 9.37. The van der Waals surface area contributed by atoms with Gasteiger partial charge in [-0.05, 0) is 42.4 Å². The van der Waals surface area contributed by atoms with Gasteiger partial charge < -0.3 is 20.7 Å². The van der Waals surface area contributed by atoms with Crippen molar-refractivity contribution in [3.05, 3.63) is 35.4 Å². The highest BCUT2D eigenvalue weighted by atomic mass is 127. The smallest absolute Gasteiger partial charge is 0.251 e. The standard InChI is InChI=1S/C20H32N4O2.HI/c1-21-18(25)17-8-6-7-16(13-17)14-23-19(22-2)24-15-20(11-12-26-3)9-4-5-10-20;/h6-8,13H,4-5,9-12,14-15H2,1-3H3,(H,21,25)(H2,22,23,24);1H. The summed E-state index contributed by atoms with van der Waals surface area (Å²) in [6.45, 7) is 2.34. The highest BCUT2D eigenvalue weighted by molar-refractivity contribution is 14.0. The molecule has 0 radical (unpaired) electrons. The van der Waals surface area contributed by atoms with Crippen molar-refractivity contribution in [2.24, 2.45) is 10.4 Å². The molecule has 0 aliphatic heterocycles. The Kier molecular flexibility index (Phi) is 10.7. The second-order valence-corrected chi connectivity index (χ2v) is 7.01. The lowest BCUT2D eigenvalue weighted by atomic mass is 9.83. The van der Waals surface area contributed by atoms with Crippen LogP contribution in [0.3, 0.4) is 0 Å². The topological polar surface area (TPSA) is 74.8 Å². The van der Waals surface area contributed by atoms with Crippen molar-refractivity contribution in [3.8, 4) is 0 Å². The number of hydrogen-bond acceptors (Lipinski definition) is 3. The van der Waals surface area contributed by atoms with Gasteiger partial charge in [0.1, 0.15) is 0 Å². The molecular formula is C20H33IN4O2. The second-order valence-electron chi connectivity index (χ2n) is 7.01. The van der Waals surface area contributed by atoms with Gasteiger partial charge in [-0.3, -0.25) is 9.79 Å². The number of nitrogens with one attached hydrogen (secondary N) is 3. The third-order valence-corrected chi connectivity index (χ3v) is 5.23. The van der Waals surface area contributed by atoms with Crippen LogP contribution in [0.15, 0.2) is 29.3 Å². The third-order valence-electron chi connectivity index (χ3n) is 5.23. The van der Waals surface area contributed by atoms with Gasteiger partial charge in [-0.15, -0.1) is 24.0 Å². The van der Waals surface area contributed by atoms with Crippen molar-refractivity contribution in [1.82, 2.24) is 16.0 Å². The number of nitrogens with zero attached hydrogens (tertiary/aromatic N) is 1. The second kappa shape index (κ2) is 12.2. The predicted octanol–water partition coefficient (Wildman–Crippen LogP) is 2.93. The summed E-state index contributed by atoms with van der Waals surface area (Å²) in [6, 6.07) is 7.62. The number of halogens is 1. The summed E-state index contributed by atoms with van der Waals surface area (Å²) in [5.74, 6) is 0.717. The quantitative estimate of drug-likeness (QED) is 0.299. The number of amides is 1. The molecule has 1 saturated carbocycles. The number of aliphatic imine (C=N–C) groups is 1. The van der Waals surface area contributed by atoms with Gasteiger partial charge in [0.05, 0.1) is 0 Å². The zero-order chi connectivity index (χ0) is 18.8. The fraction of sp³-hybridized carbons (Fsp3) is 0.600. The molecule has 0 aromatic heterocycles. The molecule has 0 saturated heterocycles. The number of carbonyl (C=O) groups excluding carboxylic acids is 1. The minimum atomic E-state index is -0.0734. The Bertz CT molecular complexity index is 616. The number of ether oxygens (including phenoxy) is 1. The van der Waals surface area contributed by atoms with E-state index in [4.69, 9.17) is 4.74 Å². The lowest BCUT2D eigenvalue weighted by Crippen LogP contribution is -2.43. The molecule has 0 heterocycles. The van der Waals surface area contributed by atoms with Crippen LogP contribution in [0.2, 0.25) is 0 Å². The largest absolute Gasteiger partial charge is 0.385 e. The zero-order valence-corrected chi connectivity index (χ0v) is 19.0. The molecule has 1 fully saturated rings. The Labute approximate surface area is 179 Å². The van der Waals surface area contributed by atoms with Gasteiger partial charge in [-0.2, -0.15) is 0 Å². The van der Waals surface area contributed by atoms with Gasteiger partial charge in [0.15, 0.2) is 5.96 Å². The maximum absolute atomic E-state index is 11.8. The van der Waals surface area contributed by atoms with E-state index < -0.39 is 0 Å². The first-order valence-electron chi connectivity index (χ1n) is 9.37. The molecule has 6 nitrogen and oxygen atoms in total. The van der Waals surface area contributed by atoms with Crippen LogP contribution in [-0.2, 0) is 11.3 Å². The molecule has 7 heteroatoms. The van der Waals surface area contributed by atoms with Crippen molar-refractivity contribution < 1.29 is 9.53 Å². The zero-order valence-electron chi connectivity index (χ0n) is 16.6. The average molecular weight is 488 g/mol. The highest BCUT2D eigenvalue weighted by Crippen LogP contribution is 2.40. The van der Waals surface area contributed by atoms with Gasteiger partial charge in [-0.25, -0.2) is 0 Å². The van der Waals surface area contributed by atoms with Gasteiger partial charge in [-0.1, -0.05) is 25.0 Å². The van der Waals surface area contributed by atoms with E-state index in [-0.39, 0.29) is 29.9 Å². The van der Waals surface area contributed by atoms with E-state index in [0.717, 1.165) is 31.1 Å². The van der Waals surface area contributed by atoms with Crippen LogP contribution in [0, 0.1) is 5.41 Å². The molecule has 3 N–H and O–H groups in total. The van der Waals surface area contributed by atoms with Crippen LogP contribution in [0.1, 0.15) is 48.0 Å². The van der Waals surface area contributed by atoms with E-state index >= 15 is 0 Å². The van der Waals surface area contributed by atoms with E-state index in [2.05, 4.69) is 20.9 Å². The monoisotopic (exact) mass is 488 g/mol. The number of carbonyl (C=O) groups is 1. The van der Waals surface area contributed by atoms with Crippen LogP contribution in [0.5, 0.6) is 0 Å². The predicted molar refractivity (Wildman–Crippen MR) is 121 cm³/mol. The maximum Gasteiger partial charge on any atom is 0.251 e. The molecule has 27 heavy (non-hydrogen) atoms. The molecule has 152 valence electrons. The normalized spacial score (nSPS) is 15.7. The summed E-state index contributed by atoms with van der Waals surface area (Å²) >= 11 is 0. The van der Waals surface area contributed by atoms with Crippen LogP contribution in [-0.4, -0.2) is 46.2 Å². The van der Waals surface area contributed by atoms with Crippen molar-refractivity contribution in [1.29, 1.82) is 0 Å². The van der Waals surface area contributed by atoms with Crippen molar-refractivity contribution >= 4 is 35.8 Å². The Morgan fingerprint density at radius 3 is 2.63 bits per heavy atom. The lowest BCUT2D eigenvalue weighted by molar-refractivity contribution is 0.0963. The third kappa shape index (κ3) is 7.29. The van der Waals surface area contributed by atoms with Crippen LogP contribution in [0.4, 0.5) is 0 Å². The number of methoxy groups -OCH3 is 1. The molecule has 0 atom stereocenters. The molecule has 1 aliphatic rings. The number of guanidine groups is 1. The first-order chi connectivity index (χ1) is 12.6. The Balaban J connectivity index is 0.00000364. The van der Waals surface area contributed by atoms with Crippen LogP contribution in [0.25, 0.3) is 0 Å². The lowest BCUT2D eigenvalue weighted by Gasteiger charge is -2.30. The molecule has 0 spiro atoms. The van der Waals surface area contributed by atoms with Gasteiger partial charge >= 0.3 is 0 Å². The minimum absolute atomic E-state index is 0. The van der Waals surface area contributed by atoms with Gasteiger partial charge in [0.2, 0.25) is 0 Å². The molecule has 0 unspecified atom stereocenters. The van der Waals surface area contributed by atoms with Crippen molar-refractivity contribution in [2.45, 2.75) is 38.6 Å². The van der Waals surface area contributed by atoms with Crippen molar-refractivity contribution in [2.75, 3.05) is 34.4 Å². The van der Waals surface area contributed by atoms with E-state index in [1.54, 1.807) is 21.2 Å². The Hall–Kier alpha value is -1.35. The van der Waals surface area contributed by atoms with E-state index in [1.165, 1.54) is 25.7 Å². The fourth-order valence-electron chi connectivity index (χ4n) is 3.60. The van der Waals surface area contributed by atoms with E-state index in [1.807, 2.05) is 24.3 Å². The molecule has 1 aliphatic carbocycles. The maximum atomic E-state index is 11.8. The summed E-state index contributed by atoms with van der Waals surface area (Å²) in [6.07, 6.45) is 6.16. The Morgan fingerprint density at radius 1 is 1.26 bits per heavy atom. The summed E-state index contributed by atoms with van der Waals surface area (Å²) in [7, 11) is 5.19. The molecule has 0 bridgehead atoms. The Morgan fingerprint density at radius 2 is 2.00 bits per heavy atom. The molecule has 1 amide bonds. The SMILES string of the molecule is CN=C(NCc1cccc(C(=O)NC)c1)NCC1(CCOC)CCCC1.I. The molecule has 1 aromatic carbocycles. The summed E-state index contributed by atoms with van der Waals surface area (Å²) < 4.78 is 5.30. The number of benzene rings is 1. The minimum Gasteiger partial charge on any atom is -0.385 e. The molecular weight excluding hydrogens is 455 g/mol. The molecule has 2 rings (SSSR count).